The van der Waals surface area contributed by atoms with Crippen LogP contribution in [0.3, 0.4) is 0 Å². The standard InChI is InChI=1S/C23H26N4O3/c1-16-7-6-10-19(24-16)14-26(13-17-8-4-3-5-9-17)20(28)15-27-21(29)23(2,18-11-12-18)25-22(27)30/h3-10,18H,11-15H2,1-2H3,(H,25,30). The van der Waals surface area contributed by atoms with E-state index in [0.29, 0.717) is 13.1 Å². The Balaban J connectivity index is 1.53. The molecule has 2 aliphatic rings. The second-order valence-electron chi connectivity index (χ2n) is 8.30. The van der Waals surface area contributed by atoms with Crippen LogP contribution >= 0.6 is 0 Å². The van der Waals surface area contributed by atoms with Gasteiger partial charge in [-0.1, -0.05) is 36.4 Å². The fraction of sp³-hybridized carbons (Fsp3) is 0.391. The molecule has 4 rings (SSSR count). The Labute approximate surface area is 176 Å². The van der Waals surface area contributed by atoms with Crippen molar-refractivity contribution in [3.05, 3.63) is 65.5 Å². The van der Waals surface area contributed by atoms with Gasteiger partial charge in [-0.2, -0.15) is 0 Å². The molecule has 0 radical (unpaired) electrons. The zero-order valence-corrected chi connectivity index (χ0v) is 17.3. The molecule has 7 heteroatoms. The van der Waals surface area contributed by atoms with Crippen LogP contribution in [0.1, 0.15) is 36.7 Å². The van der Waals surface area contributed by atoms with Crippen molar-refractivity contribution >= 4 is 17.8 Å². The van der Waals surface area contributed by atoms with Gasteiger partial charge in [0, 0.05) is 12.2 Å². The molecule has 1 aliphatic carbocycles. The van der Waals surface area contributed by atoms with E-state index in [-0.39, 0.29) is 24.3 Å². The number of pyridine rings is 1. The molecule has 0 bridgehead atoms. The summed E-state index contributed by atoms with van der Waals surface area (Å²) in [5, 5.41) is 2.80. The first-order chi connectivity index (χ1) is 14.4. The number of carbonyl (C=O) groups is 3. The van der Waals surface area contributed by atoms with Crippen LogP contribution in [0.4, 0.5) is 4.79 Å². The molecule has 30 heavy (non-hydrogen) atoms. The smallest absolute Gasteiger partial charge is 0.325 e. The molecule has 1 aliphatic heterocycles. The predicted octanol–water partition coefficient (Wildman–Crippen LogP) is 2.64. The van der Waals surface area contributed by atoms with Gasteiger partial charge in [-0.05, 0) is 50.3 Å². The summed E-state index contributed by atoms with van der Waals surface area (Å²) in [7, 11) is 0. The summed E-state index contributed by atoms with van der Waals surface area (Å²) in [5.74, 6) is -0.437. The predicted molar refractivity (Wildman–Crippen MR) is 111 cm³/mol. The fourth-order valence-electron chi connectivity index (χ4n) is 3.95. The third kappa shape index (κ3) is 4.06. The molecule has 1 aromatic carbocycles. The number of hydrogen-bond acceptors (Lipinski definition) is 4. The number of carbonyl (C=O) groups excluding carboxylic acids is 3. The Hall–Kier alpha value is -3.22. The van der Waals surface area contributed by atoms with Crippen LogP contribution in [0.2, 0.25) is 0 Å². The summed E-state index contributed by atoms with van der Waals surface area (Å²) >= 11 is 0. The molecule has 2 aromatic rings. The van der Waals surface area contributed by atoms with Crippen molar-refractivity contribution in [3.63, 3.8) is 0 Å². The number of nitrogens with one attached hydrogen (secondary N) is 1. The average molecular weight is 406 g/mol. The Morgan fingerprint density at radius 2 is 1.87 bits per heavy atom. The van der Waals surface area contributed by atoms with Gasteiger partial charge in [0.25, 0.3) is 5.91 Å². The van der Waals surface area contributed by atoms with Gasteiger partial charge >= 0.3 is 6.03 Å². The van der Waals surface area contributed by atoms with Crippen molar-refractivity contribution in [2.45, 2.75) is 45.3 Å². The molecule has 2 fully saturated rings. The number of urea groups is 1. The quantitative estimate of drug-likeness (QED) is 0.717. The maximum absolute atomic E-state index is 13.2. The first-order valence-electron chi connectivity index (χ1n) is 10.2. The van der Waals surface area contributed by atoms with E-state index >= 15 is 0 Å². The molecule has 0 spiro atoms. The monoisotopic (exact) mass is 406 g/mol. The van der Waals surface area contributed by atoms with Crippen LogP contribution in [0, 0.1) is 12.8 Å². The second kappa shape index (κ2) is 7.89. The van der Waals surface area contributed by atoms with E-state index in [2.05, 4.69) is 10.3 Å². The molecule has 1 aromatic heterocycles. The van der Waals surface area contributed by atoms with E-state index < -0.39 is 11.6 Å². The lowest BCUT2D eigenvalue weighted by Crippen LogP contribution is -2.47. The minimum Gasteiger partial charge on any atom is -0.331 e. The minimum atomic E-state index is -0.889. The topological polar surface area (TPSA) is 82.6 Å². The second-order valence-corrected chi connectivity index (χ2v) is 8.30. The van der Waals surface area contributed by atoms with E-state index in [1.54, 1.807) is 11.8 Å². The Morgan fingerprint density at radius 3 is 2.53 bits per heavy atom. The maximum Gasteiger partial charge on any atom is 0.325 e. The highest BCUT2D eigenvalue weighted by molar-refractivity contribution is 6.09. The summed E-state index contributed by atoms with van der Waals surface area (Å²) in [6.07, 6.45) is 1.84. The van der Waals surface area contributed by atoms with Crippen molar-refractivity contribution in [2.75, 3.05) is 6.54 Å². The molecule has 1 N–H and O–H groups in total. The Morgan fingerprint density at radius 1 is 1.13 bits per heavy atom. The van der Waals surface area contributed by atoms with Gasteiger partial charge in [-0.25, -0.2) is 4.79 Å². The summed E-state index contributed by atoms with van der Waals surface area (Å²) in [6.45, 7) is 4.07. The van der Waals surface area contributed by atoms with Gasteiger partial charge in [-0.15, -0.1) is 0 Å². The summed E-state index contributed by atoms with van der Waals surface area (Å²) in [6, 6.07) is 14.8. The van der Waals surface area contributed by atoms with Gasteiger partial charge < -0.3 is 10.2 Å². The number of aromatic nitrogens is 1. The highest BCUT2D eigenvalue weighted by Crippen LogP contribution is 2.42. The van der Waals surface area contributed by atoms with Crippen LogP contribution in [0.15, 0.2) is 48.5 Å². The highest BCUT2D eigenvalue weighted by Gasteiger charge is 2.56. The van der Waals surface area contributed by atoms with Gasteiger partial charge in [0.1, 0.15) is 12.1 Å². The molecule has 4 amide bonds. The molecular weight excluding hydrogens is 380 g/mol. The van der Waals surface area contributed by atoms with Crippen LogP contribution < -0.4 is 5.32 Å². The molecule has 1 unspecified atom stereocenters. The first kappa shape index (κ1) is 20.1. The molecule has 1 atom stereocenters. The molecule has 1 saturated heterocycles. The molecule has 7 nitrogen and oxygen atoms in total. The SMILES string of the molecule is Cc1cccc(CN(Cc2ccccc2)C(=O)CN2C(=O)NC(C)(C3CC3)C2=O)n1. The van der Waals surface area contributed by atoms with Crippen LogP contribution in [-0.2, 0) is 22.7 Å². The van der Waals surface area contributed by atoms with Crippen molar-refractivity contribution in [1.82, 2.24) is 20.1 Å². The van der Waals surface area contributed by atoms with Gasteiger partial charge in [0.05, 0.1) is 12.2 Å². The fourth-order valence-corrected chi connectivity index (χ4v) is 3.95. The highest BCUT2D eigenvalue weighted by atomic mass is 16.2. The Bertz CT molecular complexity index is 973. The number of benzene rings is 1. The molecule has 156 valence electrons. The number of nitrogens with zero attached hydrogens (tertiary/aromatic N) is 3. The van der Waals surface area contributed by atoms with Crippen LogP contribution in [0.25, 0.3) is 0 Å². The summed E-state index contributed by atoms with van der Waals surface area (Å²) in [4.78, 5) is 45.8. The van der Waals surface area contributed by atoms with E-state index in [9.17, 15) is 14.4 Å². The summed E-state index contributed by atoms with van der Waals surface area (Å²) < 4.78 is 0. The van der Waals surface area contributed by atoms with Gasteiger partial charge in [0.15, 0.2) is 0 Å². The van der Waals surface area contributed by atoms with E-state index in [4.69, 9.17) is 0 Å². The van der Waals surface area contributed by atoms with Gasteiger partial charge in [0.2, 0.25) is 5.91 Å². The number of amides is 4. The number of imide groups is 1. The third-order valence-corrected chi connectivity index (χ3v) is 5.86. The summed E-state index contributed by atoms with van der Waals surface area (Å²) in [5.41, 5.74) is 1.71. The number of rotatable bonds is 7. The first-order valence-corrected chi connectivity index (χ1v) is 10.2. The van der Waals surface area contributed by atoms with Crippen molar-refractivity contribution in [1.29, 1.82) is 0 Å². The molecular formula is C23H26N4O3. The van der Waals surface area contributed by atoms with Crippen LogP contribution in [-0.4, -0.2) is 44.7 Å². The zero-order chi connectivity index (χ0) is 21.3. The minimum absolute atomic E-state index is 0.158. The van der Waals surface area contributed by atoms with Gasteiger partial charge in [-0.3, -0.25) is 19.5 Å². The number of aryl methyl sites for hydroxylation is 1. The molecule has 2 heterocycles. The zero-order valence-electron chi connectivity index (χ0n) is 17.3. The lowest BCUT2D eigenvalue weighted by Gasteiger charge is -2.25. The van der Waals surface area contributed by atoms with Crippen molar-refractivity contribution < 1.29 is 14.4 Å². The van der Waals surface area contributed by atoms with E-state index in [0.717, 1.165) is 34.7 Å². The van der Waals surface area contributed by atoms with Crippen LogP contribution in [0.5, 0.6) is 0 Å². The normalized spacial score (nSPS) is 20.9. The molecule has 1 saturated carbocycles. The largest absolute Gasteiger partial charge is 0.331 e. The average Bonchev–Trinajstić information content (AvgIpc) is 3.54. The third-order valence-electron chi connectivity index (χ3n) is 5.86. The lowest BCUT2D eigenvalue weighted by molar-refractivity contribution is -0.139. The number of hydrogen-bond donors (Lipinski definition) is 1. The Kier molecular flexibility index (Phi) is 5.28. The van der Waals surface area contributed by atoms with E-state index in [1.807, 2.05) is 55.5 Å². The van der Waals surface area contributed by atoms with Crippen molar-refractivity contribution in [3.8, 4) is 0 Å². The lowest BCUT2D eigenvalue weighted by atomic mass is 9.96. The van der Waals surface area contributed by atoms with E-state index in [1.165, 1.54) is 0 Å². The maximum atomic E-state index is 13.2. The van der Waals surface area contributed by atoms with Crippen molar-refractivity contribution in [2.24, 2.45) is 5.92 Å².